The van der Waals surface area contributed by atoms with Gasteiger partial charge in [0.05, 0.1) is 0 Å². The zero-order valence-corrected chi connectivity index (χ0v) is 18.3. The van der Waals surface area contributed by atoms with Crippen molar-refractivity contribution in [2.24, 2.45) is 47.3 Å². The third-order valence-electron chi connectivity index (χ3n) is 10.7. The molecule has 0 aromatic heterocycles. The highest BCUT2D eigenvalue weighted by Crippen LogP contribution is 2.56. The number of ketones is 2. The van der Waals surface area contributed by atoms with Gasteiger partial charge in [-0.2, -0.15) is 0 Å². The van der Waals surface area contributed by atoms with Crippen molar-refractivity contribution >= 4 is 11.6 Å². The molecule has 0 saturated heterocycles. The molecule has 0 aliphatic heterocycles. The first-order chi connectivity index (χ1) is 14.7. The summed E-state index contributed by atoms with van der Waals surface area (Å²) in [5.41, 5.74) is 5.95. The van der Waals surface area contributed by atoms with E-state index in [4.69, 9.17) is 0 Å². The first-order valence-corrected chi connectivity index (χ1v) is 13.2. The maximum Gasteiger partial charge on any atom is 0.162 e. The molecule has 0 radical (unpaired) electrons. The minimum atomic E-state index is 0.441. The molecule has 8 saturated carbocycles. The first kappa shape index (κ1) is 18.4. The van der Waals surface area contributed by atoms with Crippen molar-refractivity contribution in [1.82, 2.24) is 0 Å². The number of hydrogen-bond acceptors (Lipinski definition) is 2. The zero-order chi connectivity index (χ0) is 20.0. The van der Waals surface area contributed by atoms with Crippen molar-refractivity contribution in [3.8, 4) is 0 Å². The summed E-state index contributed by atoms with van der Waals surface area (Å²) in [6, 6.07) is 0. The third-order valence-corrected chi connectivity index (χ3v) is 10.7. The van der Waals surface area contributed by atoms with Gasteiger partial charge in [-0.3, -0.25) is 9.59 Å². The Balaban J connectivity index is 0.000000108. The number of hydrogen-bond donors (Lipinski definition) is 0. The van der Waals surface area contributed by atoms with Crippen LogP contribution in [0, 0.1) is 47.3 Å². The quantitative estimate of drug-likeness (QED) is 0.450. The van der Waals surface area contributed by atoms with E-state index >= 15 is 0 Å². The van der Waals surface area contributed by atoms with Gasteiger partial charge >= 0.3 is 0 Å². The van der Waals surface area contributed by atoms with E-state index in [-0.39, 0.29) is 0 Å². The van der Waals surface area contributed by atoms with E-state index < -0.39 is 0 Å². The number of rotatable bonds is 0. The van der Waals surface area contributed by atoms with Crippen LogP contribution in [-0.4, -0.2) is 11.6 Å². The molecule has 8 aliphatic carbocycles. The molecule has 0 aromatic carbocycles. The predicted molar refractivity (Wildman–Crippen MR) is 117 cm³/mol. The topological polar surface area (TPSA) is 34.1 Å². The average molecular weight is 405 g/mol. The summed E-state index contributed by atoms with van der Waals surface area (Å²) in [6.45, 7) is 0. The Morgan fingerprint density at radius 1 is 0.433 bits per heavy atom. The van der Waals surface area contributed by atoms with Crippen LogP contribution in [0.25, 0.3) is 0 Å². The summed E-state index contributed by atoms with van der Waals surface area (Å²) >= 11 is 0. The molecule has 0 aromatic rings. The van der Waals surface area contributed by atoms with Gasteiger partial charge in [-0.25, -0.2) is 0 Å². The van der Waals surface area contributed by atoms with Gasteiger partial charge in [-0.1, -0.05) is 11.1 Å². The molecule has 8 bridgehead atoms. The van der Waals surface area contributed by atoms with Crippen molar-refractivity contribution in [3.05, 3.63) is 22.3 Å². The summed E-state index contributed by atoms with van der Waals surface area (Å²) in [5, 5.41) is 0. The Labute approximate surface area is 180 Å². The van der Waals surface area contributed by atoms with Gasteiger partial charge < -0.3 is 0 Å². The van der Waals surface area contributed by atoms with Gasteiger partial charge in [0, 0.05) is 11.8 Å². The SMILES string of the molecule is O=C1/C(=C2\CC3CCC2C3)C2CCC1C2.O=C1C(=C2CC3CCC2C3)C2CCC1C2. The number of carbonyl (C=O) groups is 2. The van der Waals surface area contributed by atoms with E-state index in [1.807, 2.05) is 0 Å². The molecule has 0 amide bonds. The van der Waals surface area contributed by atoms with Crippen molar-refractivity contribution in [3.63, 3.8) is 0 Å². The fourth-order valence-corrected chi connectivity index (χ4v) is 9.42. The van der Waals surface area contributed by atoms with Crippen LogP contribution in [0.5, 0.6) is 0 Å². The molecule has 8 fully saturated rings. The Morgan fingerprint density at radius 3 is 1.13 bits per heavy atom. The second-order valence-corrected chi connectivity index (χ2v) is 12.2. The van der Waals surface area contributed by atoms with Gasteiger partial charge in [0.15, 0.2) is 11.6 Å². The molecule has 160 valence electrons. The van der Waals surface area contributed by atoms with Crippen LogP contribution in [0.3, 0.4) is 0 Å². The molecule has 0 spiro atoms. The molecular formula is C28H36O2. The monoisotopic (exact) mass is 404 g/mol. The maximum atomic E-state index is 12.2. The summed E-state index contributed by atoms with van der Waals surface area (Å²) in [4.78, 5) is 24.3. The lowest BCUT2D eigenvalue weighted by atomic mass is 9.83. The lowest BCUT2D eigenvalue weighted by Gasteiger charge is -2.21. The summed E-state index contributed by atoms with van der Waals surface area (Å²) < 4.78 is 0. The highest BCUT2D eigenvalue weighted by molar-refractivity contribution is 6.02. The van der Waals surface area contributed by atoms with Crippen LogP contribution in [0.2, 0.25) is 0 Å². The fraction of sp³-hybridized carbons (Fsp3) is 0.786. The van der Waals surface area contributed by atoms with Crippen LogP contribution < -0.4 is 0 Å². The lowest BCUT2D eigenvalue weighted by Crippen LogP contribution is -2.16. The molecule has 8 atom stereocenters. The maximum absolute atomic E-state index is 12.2. The molecule has 8 unspecified atom stereocenters. The smallest absolute Gasteiger partial charge is 0.162 e. The van der Waals surface area contributed by atoms with Crippen LogP contribution >= 0.6 is 0 Å². The van der Waals surface area contributed by atoms with E-state index in [1.165, 1.54) is 101 Å². The normalized spacial score (nSPS) is 52.1. The van der Waals surface area contributed by atoms with Gasteiger partial charge in [0.25, 0.3) is 0 Å². The predicted octanol–water partition coefficient (Wildman–Crippen LogP) is 6.20. The Bertz CT molecular complexity index is 803. The van der Waals surface area contributed by atoms with E-state index in [0.717, 1.165) is 23.7 Å². The first-order valence-electron chi connectivity index (χ1n) is 13.2. The zero-order valence-electron chi connectivity index (χ0n) is 18.3. The van der Waals surface area contributed by atoms with Gasteiger partial charge in [-0.15, -0.1) is 0 Å². The van der Waals surface area contributed by atoms with Gasteiger partial charge in [-0.05, 0) is 137 Å². The Kier molecular flexibility index (Phi) is 4.08. The van der Waals surface area contributed by atoms with E-state index in [2.05, 4.69) is 0 Å². The summed E-state index contributed by atoms with van der Waals surface area (Å²) in [7, 11) is 0. The van der Waals surface area contributed by atoms with Gasteiger partial charge in [0.1, 0.15) is 0 Å². The molecular weight excluding hydrogens is 368 g/mol. The van der Waals surface area contributed by atoms with Crippen molar-refractivity contribution < 1.29 is 9.59 Å². The van der Waals surface area contributed by atoms with Crippen molar-refractivity contribution in [2.75, 3.05) is 0 Å². The molecule has 8 aliphatic rings. The van der Waals surface area contributed by atoms with Crippen molar-refractivity contribution in [2.45, 2.75) is 89.9 Å². The highest BCUT2D eigenvalue weighted by Gasteiger charge is 2.48. The third kappa shape index (κ3) is 2.61. The number of fused-ring (bicyclic) bond motifs is 8. The van der Waals surface area contributed by atoms with Crippen LogP contribution in [0.1, 0.15) is 89.9 Å². The molecule has 0 heterocycles. The standard InChI is InChI=1S/2C14H18O/c2*15-14-11-4-3-10(7-11)13(14)12-6-8-1-2-9(12)5-8/h2*8-11H,1-7H2/b13-12+;. The largest absolute Gasteiger partial charge is 0.294 e. The van der Waals surface area contributed by atoms with Crippen LogP contribution in [-0.2, 0) is 9.59 Å². The lowest BCUT2D eigenvalue weighted by molar-refractivity contribution is -0.119. The number of Topliss-reactive ketones (excluding diaryl/α,β-unsaturated/α-hetero) is 2. The minimum Gasteiger partial charge on any atom is -0.294 e. The molecule has 2 heteroatoms. The molecule has 8 rings (SSSR count). The summed E-state index contributed by atoms with van der Waals surface area (Å²) in [6.07, 6.45) is 18.4. The number of carbonyl (C=O) groups excluding carboxylic acids is 2. The van der Waals surface area contributed by atoms with Gasteiger partial charge in [0.2, 0.25) is 0 Å². The van der Waals surface area contributed by atoms with Crippen LogP contribution in [0.4, 0.5) is 0 Å². The van der Waals surface area contributed by atoms with E-state index in [9.17, 15) is 9.59 Å². The van der Waals surface area contributed by atoms with E-state index in [1.54, 1.807) is 11.1 Å². The van der Waals surface area contributed by atoms with E-state index in [0.29, 0.717) is 35.2 Å². The van der Waals surface area contributed by atoms with Crippen LogP contribution in [0.15, 0.2) is 22.3 Å². The second kappa shape index (κ2) is 6.66. The second-order valence-electron chi connectivity index (χ2n) is 12.2. The van der Waals surface area contributed by atoms with Crippen molar-refractivity contribution in [1.29, 1.82) is 0 Å². The Hall–Kier alpha value is -1.18. The highest BCUT2D eigenvalue weighted by atomic mass is 16.1. The minimum absolute atomic E-state index is 0.441. The molecule has 30 heavy (non-hydrogen) atoms. The fourth-order valence-electron chi connectivity index (χ4n) is 9.42. The molecule has 2 nitrogen and oxygen atoms in total. The average Bonchev–Trinajstić information content (AvgIpc) is 3.58. The summed E-state index contributed by atoms with van der Waals surface area (Å²) in [5.74, 6) is 6.94. The molecule has 0 N–H and O–H groups in total. The number of allylic oxidation sites excluding steroid dienone is 4. The Morgan fingerprint density at radius 2 is 0.833 bits per heavy atom.